The lowest BCUT2D eigenvalue weighted by Gasteiger charge is -2.10. The fourth-order valence-electron chi connectivity index (χ4n) is 2.07. The Bertz CT molecular complexity index is 631. The van der Waals surface area contributed by atoms with Crippen LogP contribution in [0, 0.1) is 0 Å². The van der Waals surface area contributed by atoms with Crippen LogP contribution < -0.4 is 14.8 Å². The van der Waals surface area contributed by atoms with Gasteiger partial charge in [-0.15, -0.1) is 0 Å². The molecule has 1 heterocycles. The standard InChI is InChI=1S/C15H14BrNO3/c16-13-6-15-14(19-9-20-15)5-11(13)7-17-12-3-1-2-10(4-12)8-18/h1-6,17-18H,7-9H2. The molecule has 1 aliphatic heterocycles. The Hall–Kier alpha value is -1.72. The summed E-state index contributed by atoms with van der Waals surface area (Å²) in [6.45, 7) is 0.979. The zero-order valence-electron chi connectivity index (χ0n) is 10.7. The molecule has 0 radical (unpaired) electrons. The van der Waals surface area contributed by atoms with Crippen molar-refractivity contribution in [1.29, 1.82) is 0 Å². The second-order valence-corrected chi connectivity index (χ2v) is 5.36. The predicted octanol–water partition coefficient (Wildman–Crippen LogP) is 3.28. The van der Waals surface area contributed by atoms with Gasteiger partial charge in [0.05, 0.1) is 6.61 Å². The third-order valence-corrected chi connectivity index (χ3v) is 3.87. The predicted molar refractivity (Wildman–Crippen MR) is 80.0 cm³/mol. The Morgan fingerprint density at radius 1 is 1.15 bits per heavy atom. The van der Waals surface area contributed by atoms with Gasteiger partial charge < -0.3 is 19.9 Å². The molecule has 0 fully saturated rings. The van der Waals surface area contributed by atoms with Crippen molar-refractivity contribution < 1.29 is 14.6 Å². The maximum atomic E-state index is 9.13. The number of rotatable bonds is 4. The quantitative estimate of drug-likeness (QED) is 0.900. The van der Waals surface area contributed by atoms with E-state index >= 15 is 0 Å². The Morgan fingerprint density at radius 3 is 2.75 bits per heavy atom. The smallest absolute Gasteiger partial charge is 0.231 e. The van der Waals surface area contributed by atoms with Gasteiger partial charge in [0.1, 0.15) is 0 Å². The van der Waals surface area contributed by atoms with Crippen molar-refractivity contribution in [2.24, 2.45) is 0 Å². The molecule has 104 valence electrons. The summed E-state index contributed by atoms with van der Waals surface area (Å²) >= 11 is 3.54. The van der Waals surface area contributed by atoms with Crippen molar-refractivity contribution in [3.8, 4) is 11.5 Å². The third-order valence-electron chi connectivity index (χ3n) is 3.13. The van der Waals surface area contributed by atoms with E-state index in [1.54, 1.807) is 0 Å². The highest BCUT2D eigenvalue weighted by Gasteiger charge is 2.16. The minimum atomic E-state index is 0.0449. The number of aliphatic hydroxyl groups excluding tert-OH is 1. The number of aliphatic hydroxyl groups is 1. The molecule has 0 amide bonds. The third kappa shape index (κ3) is 2.73. The van der Waals surface area contributed by atoms with Gasteiger partial charge in [0, 0.05) is 16.7 Å². The molecule has 0 bridgehead atoms. The normalized spacial score (nSPS) is 12.5. The number of ether oxygens (including phenoxy) is 2. The van der Waals surface area contributed by atoms with Gasteiger partial charge in [-0.3, -0.25) is 0 Å². The van der Waals surface area contributed by atoms with E-state index in [0.29, 0.717) is 6.54 Å². The van der Waals surface area contributed by atoms with Gasteiger partial charge in [0.15, 0.2) is 11.5 Å². The van der Waals surface area contributed by atoms with Gasteiger partial charge in [-0.2, -0.15) is 0 Å². The summed E-state index contributed by atoms with van der Waals surface area (Å²) in [4.78, 5) is 0. The van der Waals surface area contributed by atoms with Crippen LogP contribution in [0.1, 0.15) is 11.1 Å². The molecule has 3 rings (SSSR count). The van der Waals surface area contributed by atoms with Crippen LogP contribution in [0.5, 0.6) is 11.5 Å². The van der Waals surface area contributed by atoms with Crippen LogP contribution in [-0.2, 0) is 13.2 Å². The van der Waals surface area contributed by atoms with Gasteiger partial charge in [0.2, 0.25) is 6.79 Å². The average Bonchev–Trinajstić information content (AvgIpc) is 2.92. The number of hydrogen-bond acceptors (Lipinski definition) is 4. The Morgan fingerprint density at radius 2 is 1.95 bits per heavy atom. The van der Waals surface area contributed by atoms with Crippen LogP contribution in [0.25, 0.3) is 0 Å². The summed E-state index contributed by atoms with van der Waals surface area (Å²) in [7, 11) is 0. The Balaban J connectivity index is 1.75. The van der Waals surface area contributed by atoms with Crippen molar-refractivity contribution in [3.63, 3.8) is 0 Å². The number of hydrogen-bond donors (Lipinski definition) is 2. The molecule has 0 spiro atoms. The summed E-state index contributed by atoms with van der Waals surface area (Å²) in [5.74, 6) is 1.54. The van der Waals surface area contributed by atoms with E-state index in [1.807, 2.05) is 36.4 Å². The minimum Gasteiger partial charge on any atom is -0.454 e. The van der Waals surface area contributed by atoms with E-state index in [4.69, 9.17) is 14.6 Å². The van der Waals surface area contributed by atoms with Gasteiger partial charge >= 0.3 is 0 Å². The molecule has 1 aliphatic rings. The highest BCUT2D eigenvalue weighted by molar-refractivity contribution is 9.10. The van der Waals surface area contributed by atoms with E-state index in [1.165, 1.54) is 0 Å². The average molecular weight is 336 g/mol. The van der Waals surface area contributed by atoms with Gasteiger partial charge in [-0.05, 0) is 35.4 Å². The molecular weight excluding hydrogens is 322 g/mol. The molecule has 0 aromatic heterocycles. The van der Waals surface area contributed by atoms with Crippen LogP contribution >= 0.6 is 15.9 Å². The number of nitrogens with one attached hydrogen (secondary N) is 1. The maximum Gasteiger partial charge on any atom is 0.231 e. The fourth-order valence-corrected chi connectivity index (χ4v) is 2.53. The first-order chi connectivity index (χ1) is 9.76. The highest BCUT2D eigenvalue weighted by Crippen LogP contribution is 2.37. The summed E-state index contributed by atoms with van der Waals surface area (Å²) < 4.78 is 11.7. The maximum absolute atomic E-state index is 9.13. The summed E-state index contributed by atoms with van der Waals surface area (Å²) in [5, 5.41) is 12.5. The van der Waals surface area contributed by atoms with Crippen molar-refractivity contribution in [2.75, 3.05) is 12.1 Å². The second kappa shape index (κ2) is 5.73. The van der Waals surface area contributed by atoms with Crippen LogP contribution in [0.4, 0.5) is 5.69 Å². The molecule has 2 aromatic carbocycles. The molecule has 5 heteroatoms. The number of anilines is 1. The minimum absolute atomic E-state index is 0.0449. The van der Waals surface area contributed by atoms with Crippen LogP contribution in [0.2, 0.25) is 0 Å². The summed E-state index contributed by atoms with van der Waals surface area (Å²) in [6, 6.07) is 11.6. The Kier molecular flexibility index (Phi) is 3.80. The van der Waals surface area contributed by atoms with E-state index in [0.717, 1.165) is 32.8 Å². The summed E-state index contributed by atoms with van der Waals surface area (Å²) in [6.07, 6.45) is 0. The van der Waals surface area contributed by atoms with E-state index in [2.05, 4.69) is 21.2 Å². The van der Waals surface area contributed by atoms with E-state index < -0.39 is 0 Å². The van der Waals surface area contributed by atoms with Gasteiger partial charge in [0.25, 0.3) is 0 Å². The van der Waals surface area contributed by atoms with Gasteiger partial charge in [-0.25, -0.2) is 0 Å². The lowest BCUT2D eigenvalue weighted by molar-refractivity contribution is 0.174. The molecule has 2 N–H and O–H groups in total. The molecule has 20 heavy (non-hydrogen) atoms. The lowest BCUT2D eigenvalue weighted by Crippen LogP contribution is -2.01. The van der Waals surface area contributed by atoms with Crippen molar-refractivity contribution in [3.05, 3.63) is 52.0 Å². The zero-order chi connectivity index (χ0) is 13.9. The summed E-state index contributed by atoms with van der Waals surface area (Å²) in [5.41, 5.74) is 2.95. The van der Waals surface area contributed by atoms with Crippen molar-refractivity contribution >= 4 is 21.6 Å². The molecule has 0 atom stereocenters. The van der Waals surface area contributed by atoms with Crippen molar-refractivity contribution in [2.45, 2.75) is 13.2 Å². The molecule has 0 unspecified atom stereocenters. The largest absolute Gasteiger partial charge is 0.454 e. The topological polar surface area (TPSA) is 50.7 Å². The SMILES string of the molecule is OCc1cccc(NCc2cc3c(cc2Br)OCO3)c1. The number of benzene rings is 2. The molecule has 0 saturated carbocycles. The van der Waals surface area contributed by atoms with E-state index in [9.17, 15) is 0 Å². The fraction of sp³-hybridized carbons (Fsp3) is 0.200. The number of halogens is 1. The van der Waals surface area contributed by atoms with Gasteiger partial charge in [-0.1, -0.05) is 28.1 Å². The second-order valence-electron chi connectivity index (χ2n) is 4.51. The van der Waals surface area contributed by atoms with Crippen LogP contribution in [0.3, 0.4) is 0 Å². The van der Waals surface area contributed by atoms with E-state index in [-0.39, 0.29) is 13.4 Å². The molecular formula is C15H14BrNO3. The van der Waals surface area contributed by atoms with Crippen molar-refractivity contribution in [1.82, 2.24) is 0 Å². The first-order valence-corrected chi connectivity index (χ1v) is 7.07. The van der Waals surface area contributed by atoms with Crippen LogP contribution in [-0.4, -0.2) is 11.9 Å². The monoisotopic (exact) mass is 335 g/mol. The molecule has 0 aliphatic carbocycles. The molecule has 0 saturated heterocycles. The first kappa shape index (κ1) is 13.3. The zero-order valence-corrected chi connectivity index (χ0v) is 12.3. The first-order valence-electron chi connectivity index (χ1n) is 6.28. The van der Waals surface area contributed by atoms with Crippen LogP contribution in [0.15, 0.2) is 40.9 Å². The Labute approximate surface area is 125 Å². The molecule has 2 aromatic rings. The molecule has 4 nitrogen and oxygen atoms in total. The number of fused-ring (bicyclic) bond motifs is 1. The lowest BCUT2D eigenvalue weighted by atomic mass is 10.1. The highest BCUT2D eigenvalue weighted by atomic mass is 79.9.